The average molecular weight is 554 g/mol. The molecular weight excluding hydrogens is 546 g/mol. The second-order valence-electron chi connectivity index (χ2n) is 1.80. The molecule has 0 saturated carbocycles. The van der Waals surface area contributed by atoms with Gasteiger partial charge in [0.2, 0.25) is 0 Å². The van der Waals surface area contributed by atoms with E-state index in [4.69, 9.17) is 64.0 Å². The molecule has 0 atom stereocenters. The molecule has 0 radical (unpaired) electrons. The summed E-state index contributed by atoms with van der Waals surface area (Å²) in [6, 6.07) is 0. The monoisotopic (exact) mass is 554 g/mol. The zero-order valence-electron chi connectivity index (χ0n) is 9.36. The van der Waals surface area contributed by atoms with Crippen LogP contribution in [0.4, 0.5) is 0 Å². The summed E-state index contributed by atoms with van der Waals surface area (Å²) in [5, 5.41) is 0. The van der Waals surface area contributed by atoms with Crippen molar-refractivity contribution >= 4 is 31.2 Å². The molecule has 19 heteroatoms. The Morgan fingerprint density at radius 3 is 0.571 bits per heavy atom. The number of hydrogen-bond acceptors (Lipinski definition) is 14. The summed E-state index contributed by atoms with van der Waals surface area (Å²) in [5.41, 5.74) is 9.81. The van der Waals surface area contributed by atoms with Crippen LogP contribution in [0.25, 0.3) is 0 Å². The largest absolute Gasteiger partial charge is 3.00 e. The van der Waals surface area contributed by atoms with Crippen molar-refractivity contribution in [1.29, 1.82) is 0 Å². The molecule has 0 saturated heterocycles. The summed E-state index contributed by atoms with van der Waals surface area (Å²) < 4.78 is 102. The molecule has 0 aromatic carbocycles. The van der Waals surface area contributed by atoms with Crippen LogP contribution in [0.15, 0.2) is 0 Å². The summed E-state index contributed by atoms with van der Waals surface area (Å²) in [7, 11) is -15.5. The van der Waals surface area contributed by atoms with Crippen LogP contribution in [0.3, 0.4) is 0 Å². The van der Waals surface area contributed by atoms with Crippen LogP contribution in [0.5, 0.6) is 0 Å². The van der Waals surface area contributed by atoms with Crippen molar-refractivity contribution in [2.24, 2.45) is 11.5 Å². The number of hydrogen-bond donors (Lipinski definition) is 2. The van der Waals surface area contributed by atoms with Gasteiger partial charge in [0.1, 0.15) is 0 Å². The Balaban J connectivity index is -0.0000000347. The zero-order valence-corrected chi connectivity index (χ0v) is 15.1. The van der Waals surface area contributed by atoms with Crippen molar-refractivity contribution in [3.63, 3.8) is 0 Å². The second kappa shape index (κ2) is 18.8. The van der Waals surface area contributed by atoms with Crippen LogP contribution in [0, 0.1) is 0 Å². The minimum atomic E-state index is -5.17. The molecule has 0 aliphatic carbocycles. The Morgan fingerprint density at radius 1 is 0.524 bits per heavy atom. The Hall–Kier alpha value is 0.777. The third kappa shape index (κ3) is 2320. The van der Waals surface area contributed by atoms with Gasteiger partial charge in [-0.15, -0.1) is 0 Å². The first-order valence-electron chi connectivity index (χ1n) is 3.32. The Bertz CT molecular complexity index is 385. The van der Waals surface area contributed by atoms with E-state index >= 15 is 0 Å². The minimum absolute atomic E-state index is 0. The van der Waals surface area contributed by atoms with Gasteiger partial charge in [-0.25, -0.2) is 0 Å². The topological polar surface area (TPSA) is 293 Å². The van der Waals surface area contributed by atoms with Gasteiger partial charge >= 0.3 is 39.0 Å². The van der Waals surface area contributed by atoms with Crippen LogP contribution < -0.4 is 11.5 Å². The van der Waals surface area contributed by atoms with Crippen molar-refractivity contribution in [3.05, 3.63) is 0 Å². The maximum absolute atomic E-state index is 8.52. The van der Waals surface area contributed by atoms with Gasteiger partial charge in [-0.05, 0) is 0 Å². The standard InChI is InChI=1S/C2H8N2.3H2O4S.2Rh/c3-1-2-4;3*1-5(2,3)4;;/h1-4H2;3*(H2,1,2,3,4);;/q;;;;2*+3/p-6. The normalized spacial score (nSPS) is 9.71. The molecule has 0 aliphatic rings. The molecule has 0 spiro atoms. The fourth-order valence-corrected chi connectivity index (χ4v) is 0. The molecule has 0 aliphatic heterocycles. The van der Waals surface area contributed by atoms with Crippen LogP contribution in [0.2, 0.25) is 0 Å². The molecule has 14 nitrogen and oxygen atoms in total. The van der Waals surface area contributed by atoms with E-state index < -0.39 is 31.2 Å². The van der Waals surface area contributed by atoms with Gasteiger partial charge in [0.15, 0.2) is 0 Å². The molecule has 0 fully saturated rings. The van der Waals surface area contributed by atoms with Crippen molar-refractivity contribution in [2.45, 2.75) is 0 Å². The van der Waals surface area contributed by atoms with Gasteiger partial charge in [-0.2, -0.15) is 0 Å². The Kier molecular flexibility index (Phi) is 33.9. The summed E-state index contributed by atoms with van der Waals surface area (Å²) in [6.45, 7) is 1.19. The minimum Gasteiger partial charge on any atom is -0.759 e. The Morgan fingerprint density at radius 2 is 0.571 bits per heavy atom. The zero-order chi connectivity index (χ0) is 16.9. The van der Waals surface area contributed by atoms with Crippen molar-refractivity contribution < 1.29 is 91.5 Å². The molecule has 0 unspecified atom stereocenters. The predicted molar refractivity (Wildman–Crippen MR) is 49.5 cm³/mol. The maximum Gasteiger partial charge on any atom is 3.00 e. The third-order valence-corrected chi connectivity index (χ3v) is 0.167. The maximum atomic E-state index is 8.52. The van der Waals surface area contributed by atoms with E-state index in [1.54, 1.807) is 0 Å². The molecule has 0 heterocycles. The fraction of sp³-hybridized carbons (Fsp3) is 1.00. The first-order valence-corrected chi connectivity index (χ1v) is 7.32. The van der Waals surface area contributed by atoms with Crippen LogP contribution in [-0.4, -0.2) is 65.7 Å². The van der Waals surface area contributed by atoms with E-state index in [0.29, 0.717) is 13.1 Å². The van der Waals surface area contributed by atoms with Gasteiger partial charge in [-0.1, -0.05) is 0 Å². The number of rotatable bonds is 1. The van der Waals surface area contributed by atoms with Crippen molar-refractivity contribution in [1.82, 2.24) is 0 Å². The summed E-state index contributed by atoms with van der Waals surface area (Å²) in [4.78, 5) is 0. The molecule has 21 heavy (non-hydrogen) atoms. The molecule has 0 aromatic heterocycles. The predicted octanol–water partition coefficient (Wildman–Crippen LogP) is -5.12. The summed E-state index contributed by atoms with van der Waals surface area (Å²) in [6.07, 6.45) is 0. The van der Waals surface area contributed by atoms with E-state index in [0.717, 1.165) is 0 Å². The average Bonchev–Trinajstić information content (AvgIpc) is 1.93. The molecule has 0 amide bonds. The van der Waals surface area contributed by atoms with Gasteiger partial charge in [0.25, 0.3) is 0 Å². The first kappa shape index (κ1) is 37.8. The van der Waals surface area contributed by atoms with E-state index in [9.17, 15) is 0 Å². The SMILES string of the molecule is NCCN.O=S(=O)([O-])[O-].O=S(=O)([O-])[O-].O=S(=O)([O-])[O-].[Rh+3].[Rh+3]. The van der Waals surface area contributed by atoms with Crippen LogP contribution in [-0.2, 0) is 70.2 Å². The van der Waals surface area contributed by atoms with Gasteiger partial charge in [0, 0.05) is 44.3 Å². The molecule has 0 aromatic rings. The van der Waals surface area contributed by atoms with Crippen LogP contribution >= 0.6 is 0 Å². The van der Waals surface area contributed by atoms with Crippen LogP contribution in [0.1, 0.15) is 0 Å². The third-order valence-electron chi connectivity index (χ3n) is 0.167. The smallest absolute Gasteiger partial charge is 0.759 e. The van der Waals surface area contributed by atoms with E-state index in [-0.39, 0.29) is 39.0 Å². The second-order valence-corrected chi connectivity index (χ2v) is 4.25. The van der Waals surface area contributed by atoms with E-state index in [1.165, 1.54) is 0 Å². The molecule has 0 bridgehead atoms. The van der Waals surface area contributed by atoms with Crippen molar-refractivity contribution in [3.8, 4) is 0 Å². The quantitative estimate of drug-likeness (QED) is 0.174. The number of nitrogens with two attached hydrogens (primary N) is 2. The fourth-order valence-electron chi connectivity index (χ4n) is 0. The summed E-state index contributed by atoms with van der Waals surface area (Å²) in [5.74, 6) is 0. The van der Waals surface area contributed by atoms with Gasteiger partial charge in [-0.3, -0.25) is 25.3 Å². The van der Waals surface area contributed by atoms with E-state index in [2.05, 4.69) is 0 Å². The Labute approximate surface area is 146 Å². The molecule has 134 valence electrons. The van der Waals surface area contributed by atoms with Gasteiger partial charge in [0.05, 0.1) is 0 Å². The van der Waals surface area contributed by atoms with E-state index in [1.807, 2.05) is 0 Å². The van der Waals surface area contributed by atoms with Gasteiger partial charge < -0.3 is 38.8 Å². The molecule has 0 rings (SSSR count). The molecule has 4 N–H and O–H groups in total. The summed E-state index contributed by atoms with van der Waals surface area (Å²) >= 11 is 0. The molecular formula is C2H8N2O12Rh2S3. The first-order chi connectivity index (χ1) is 7.91. The van der Waals surface area contributed by atoms with Crippen molar-refractivity contribution in [2.75, 3.05) is 13.1 Å².